The van der Waals surface area contributed by atoms with Crippen molar-refractivity contribution in [2.75, 3.05) is 23.8 Å². The molecule has 0 atom stereocenters. The summed E-state index contributed by atoms with van der Waals surface area (Å²) in [7, 11) is 1.58. The number of carbonyl (C=O) groups is 2. The van der Waals surface area contributed by atoms with Gasteiger partial charge in [-0.2, -0.15) is 0 Å². The molecule has 0 aliphatic heterocycles. The lowest BCUT2D eigenvalue weighted by molar-refractivity contribution is -0.117. The molecule has 0 fully saturated rings. The quantitative estimate of drug-likeness (QED) is 0.327. The molecule has 2 heterocycles. The van der Waals surface area contributed by atoms with Crippen LogP contribution >= 0.6 is 23.2 Å². The third-order valence-electron chi connectivity index (χ3n) is 5.55. The van der Waals surface area contributed by atoms with E-state index < -0.39 is 6.03 Å². The van der Waals surface area contributed by atoms with E-state index in [4.69, 9.17) is 27.9 Å². The Kier molecular flexibility index (Phi) is 7.67. The number of aromatic nitrogens is 2. The number of urea groups is 1. The van der Waals surface area contributed by atoms with Gasteiger partial charge in [0.25, 0.3) is 0 Å². The smallest absolute Gasteiger partial charge is 0.319 e. The summed E-state index contributed by atoms with van der Waals surface area (Å²) in [5.74, 6) is 0.221. The van der Waals surface area contributed by atoms with Crippen LogP contribution in [0.4, 0.5) is 16.2 Å². The molecule has 0 bridgehead atoms. The van der Waals surface area contributed by atoms with E-state index in [-0.39, 0.29) is 24.1 Å². The Morgan fingerprint density at radius 1 is 1.08 bits per heavy atom. The van der Waals surface area contributed by atoms with Crippen LogP contribution in [0.2, 0.25) is 10.0 Å². The molecule has 186 valence electrons. The summed E-state index contributed by atoms with van der Waals surface area (Å²) in [6, 6.07) is 13.8. The lowest BCUT2D eigenvalue weighted by Gasteiger charge is -2.21. The van der Waals surface area contributed by atoms with Crippen LogP contribution in [0.25, 0.3) is 5.65 Å². The SMILES string of the molecule is Cc1ccc(NC(=O)NCC(=O)N(C)c2ccc(Cl)c(COc3cccn4cc(C)nc34)c2Cl)cc1. The van der Waals surface area contributed by atoms with Crippen LogP contribution in [-0.4, -0.2) is 34.9 Å². The number of hydrogen-bond donors (Lipinski definition) is 2. The van der Waals surface area contributed by atoms with E-state index in [1.807, 2.05) is 54.9 Å². The molecule has 2 aromatic heterocycles. The van der Waals surface area contributed by atoms with Gasteiger partial charge in [-0.15, -0.1) is 0 Å². The summed E-state index contributed by atoms with van der Waals surface area (Å²) in [5.41, 5.74) is 4.23. The van der Waals surface area contributed by atoms with Crippen molar-refractivity contribution in [2.24, 2.45) is 0 Å². The summed E-state index contributed by atoms with van der Waals surface area (Å²) in [6.07, 6.45) is 3.79. The van der Waals surface area contributed by atoms with Gasteiger partial charge in [0.2, 0.25) is 5.91 Å². The zero-order chi connectivity index (χ0) is 25.8. The van der Waals surface area contributed by atoms with Crippen molar-refractivity contribution in [3.05, 3.63) is 87.8 Å². The van der Waals surface area contributed by atoms with Crippen LogP contribution in [0.15, 0.2) is 60.9 Å². The number of amides is 3. The number of benzene rings is 2. The molecule has 4 aromatic rings. The Morgan fingerprint density at radius 2 is 1.83 bits per heavy atom. The van der Waals surface area contributed by atoms with E-state index in [1.165, 1.54) is 4.90 Å². The Hall–Kier alpha value is -3.75. The van der Waals surface area contributed by atoms with Crippen molar-refractivity contribution in [2.45, 2.75) is 20.5 Å². The van der Waals surface area contributed by atoms with E-state index in [2.05, 4.69) is 15.6 Å². The molecule has 2 N–H and O–H groups in total. The Bertz CT molecular complexity index is 1420. The van der Waals surface area contributed by atoms with Gasteiger partial charge in [0.1, 0.15) is 6.61 Å². The maximum atomic E-state index is 12.8. The highest BCUT2D eigenvalue weighted by molar-refractivity contribution is 6.38. The molecule has 0 unspecified atom stereocenters. The molecule has 4 rings (SSSR count). The summed E-state index contributed by atoms with van der Waals surface area (Å²) >= 11 is 13.1. The second-order valence-electron chi connectivity index (χ2n) is 8.26. The van der Waals surface area contributed by atoms with Crippen molar-refractivity contribution in [1.82, 2.24) is 14.7 Å². The number of nitrogens with zero attached hydrogens (tertiary/aromatic N) is 3. The average Bonchev–Trinajstić information content (AvgIpc) is 3.24. The van der Waals surface area contributed by atoms with Gasteiger partial charge in [-0.25, -0.2) is 9.78 Å². The third kappa shape index (κ3) is 5.72. The number of carbonyl (C=O) groups excluding carboxylic acids is 2. The van der Waals surface area contributed by atoms with Crippen LogP contribution in [0.1, 0.15) is 16.8 Å². The number of fused-ring (bicyclic) bond motifs is 1. The fourth-order valence-electron chi connectivity index (χ4n) is 3.57. The Labute approximate surface area is 218 Å². The lowest BCUT2D eigenvalue weighted by Crippen LogP contribution is -2.40. The van der Waals surface area contributed by atoms with Crippen molar-refractivity contribution < 1.29 is 14.3 Å². The van der Waals surface area contributed by atoms with Gasteiger partial charge < -0.3 is 24.7 Å². The predicted octanol–water partition coefficient (Wildman–Crippen LogP) is 5.62. The number of nitrogens with one attached hydrogen (secondary N) is 2. The van der Waals surface area contributed by atoms with Crippen LogP contribution in [0, 0.1) is 13.8 Å². The Balaban J connectivity index is 1.42. The van der Waals surface area contributed by atoms with Crippen molar-refractivity contribution >= 4 is 52.2 Å². The number of anilines is 2. The first-order valence-electron chi connectivity index (χ1n) is 11.1. The van der Waals surface area contributed by atoms with Crippen LogP contribution < -0.4 is 20.3 Å². The van der Waals surface area contributed by atoms with Crippen molar-refractivity contribution in [1.29, 1.82) is 0 Å². The fourth-order valence-corrected chi connectivity index (χ4v) is 4.18. The topological polar surface area (TPSA) is 88.0 Å². The first kappa shape index (κ1) is 25.3. The van der Waals surface area contributed by atoms with Gasteiger partial charge in [-0.05, 0) is 50.2 Å². The van der Waals surface area contributed by atoms with Gasteiger partial charge in [0.15, 0.2) is 11.4 Å². The molecule has 0 saturated carbocycles. The lowest BCUT2D eigenvalue weighted by atomic mass is 10.2. The molecule has 0 aliphatic rings. The predicted molar refractivity (Wildman–Crippen MR) is 142 cm³/mol. The molecule has 36 heavy (non-hydrogen) atoms. The molecule has 10 heteroatoms. The first-order chi connectivity index (χ1) is 17.2. The Morgan fingerprint density at radius 3 is 2.58 bits per heavy atom. The fraction of sp³-hybridized carbons (Fsp3) is 0.192. The summed E-state index contributed by atoms with van der Waals surface area (Å²) < 4.78 is 7.87. The van der Waals surface area contributed by atoms with Gasteiger partial charge >= 0.3 is 6.03 Å². The molecule has 3 amide bonds. The molecule has 0 aliphatic carbocycles. The largest absolute Gasteiger partial charge is 0.485 e. The zero-order valence-corrected chi connectivity index (χ0v) is 21.5. The summed E-state index contributed by atoms with van der Waals surface area (Å²) in [4.78, 5) is 30.8. The van der Waals surface area contributed by atoms with Crippen molar-refractivity contribution in [3.8, 4) is 5.75 Å². The average molecular weight is 526 g/mol. The van der Waals surface area contributed by atoms with E-state index in [1.54, 1.807) is 31.3 Å². The normalized spacial score (nSPS) is 10.8. The van der Waals surface area contributed by atoms with E-state index in [0.29, 0.717) is 33.4 Å². The number of hydrogen-bond acceptors (Lipinski definition) is 4. The molecule has 8 nitrogen and oxygen atoms in total. The number of ether oxygens (including phenoxy) is 1. The number of likely N-dealkylation sites (N-methyl/N-ethyl adjacent to an activating group) is 1. The minimum absolute atomic E-state index is 0.0797. The standard InChI is InChI=1S/C26H25Cl2N5O3/c1-16-6-8-18(9-7-16)31-26(35)29-13-23(34)32(3)21-11-10-20(27)19(24(21)28)15-36-22-5-4-12-33-14-17(2)30-25(22)33/h4-12,14H,13,15H2,1-3H3,(H2,29,31,35). The van der Waals surface area contributed by atoms with Gasteiger partial charge in [0.05, 0.1) is 22.9 Å². The van der Waals surface area contributed by atoms with Gasteiger partial charge in [0, 0.05) is 35.7 Å². The third-order valence-corrected chi connectivity index (χ3v) is 6.33. The van der Waals surface area contributed by atoms with Crippen LogP contribution in [0.3, 0.4) is 0 Å². The maximum Gasteiger partial charge on any atom is 0.319 e. The van der Waals surface area contributed by atoms with Crippen LogP contribution in [0.5, 0.6) is 5.75 Å². The molecule has 0 saturated heterocycles. The molecular formula is C26H25Cl2N5O3. The molecule has 0 spiro atoms. The van der Waals surface area contributed by atoms with E-state index in [9.17, 15) is 9.59 Å². The second-order valence-corrected chi connectivity index (χ2v) is 9.04. The maximum absolute atomic E-state index is 12.8. The number of pyridine rings is 1. The number of halogens is 2. The van der Waals surface area contributed by atoms with Gasteiger partial charge in [-0.1, -0.05) is 40.9 Å². The summed E-state index contributed by atoms with van der Waals surface area (Å²) in [6.45, 7) is 3.72. The van der Waals surface area contributed by atoms with E-state index in [0.717, 1.165) is 11.3 Å². The number of aryl methyl sites for hydroxylation is 2. The monoisotopic (exact) mass is 525 g/mol. The van der Waals surface area contributed by atoms with Gasteiger partial charge in [-0.3, -0.25) is 4.79 Å². The number of imidazole rings is 1. The molecular weight excluding hydrogens is 501 g/mol. The first-order valence-corrected chi connectivity index (χ1v) is 11.9. The zero-order valence-electron chi connectivity index (χ0n) is 20.0. The molecule has 0 radical (unpaired) electrons. The highest BCUT2D eigenvalue weighted by Crippen LogP contribution is 2.35. The highest BCUT2D eigenvalue weighted by atomic mass is 35.5. The minimum Gasteiger partial charge on any atom is -0.485 e. The number of rotatable bonds is 7. The highest BCUT2D eigenvalue weighted by Gasteiger charge is 2.19. The second kappa shape index (κ2) is 10.9. The summed E-state index contributed by atoms with van der Waals surface area (Å²) in [5, 5.41) is 5.95. The van der Waals surface area contributed by atoms with E-state index >= 15 is 0 Å². The van der Waals surface area contributed by atoms with Crippen LogP contribution in [-0.2, 0) is 11.4 Å². The van der Waals surface area contributed by atoms with Crippen molar-refractivity contribution in [3.63, 3.8) is 0 Å². The minimum atomic E-state index is -0.486. The molecule has 2 aromatic carbocycles.